The summed E-state index contributed by atoms with van der Waals surface area (Å²) in [6.07, 6.45) is -4.79. The van der Waals surface area contributed by atoms with Gasteiger partial charge in [-0.3, -0.25) is 0 Å². The summed E-state index contributed by atoms with van der Waals surface area (Å²) in [6, 6.07) is 1.68. The molecule has 0 spiro atoms. The van der Waals surface area contributed by atoms with Gasteiger partial charge in [-0.15, -0.1) is 0 Å². The molecule has 0 aliphatic heterocycles. The molecule has 0 bridgehead atoms. The monoisotopic (exact) mass is 282 g/mol. The maximum absolute atomic E-state index is 13.5. The predicted octanol–water partition coefficient (Wildman–Crippen LogP) is 1.49. The number of phenolic OH excluding ortho intramolecular Hbond substituents is 1. The lowest BCUT2D eigenvalue weighted by atomic mass is 10.1. The highest BCUT2D eigenvalue weighted by molar-refractivity contribution is 7.90. The Kier molecular flexibility index (Phi) is 2.64. The maximum atomic E-state index is 13.5. The summed E-state index contributed by atoms with van der Waals surface area (Å²) in [5.74, 6) is -4.97. The van der Waals surface area contributed by atoms with E-state index in [0.717, 1.165) is 18.4 Å². The molecule has 0 aromatic heterocycles. The summed E-state index contributed by atoms with van der Waals surface area (Å²) >= 11 is 0. The van der Waals surface area contributed by atoms with Gasteiger partial charge in [-0.05, 0) is 12.1 Å². The van der Waals surface area contributed by atoms with Crippen molar-refractivity contribution in [3.05, 3.63) is 23.3 Å². The first-order valence-electron chi connectivity index (χ1n) is 4.84. The molecule has 0 saturated heterocycles. The van der Waals surface area contributed by atoms with Crippen LogP contribution in [0, 0.1) is 0 Å². The van der Waals surface area contributed by atoms with Crippen molar-refractivity contribution in [2.75, 3.05) is 6.26 Å². The second-order valence-electron chi connectivity index (χ2n) is 4.12. The molecule has 0 unspecified atom stereocenters. The molecule has 4 nitrogen and oxygen atoms in total. The maximum Gasteiger partial charge on any atom is 0.312 e. The molecule has 0 fully saturated rings. The van der Waals surface area contributed by atoms with Crippen LogP contribution < -0.4 is 0 Å². The number of aliphatic hydroxyl groups excluding tert-OH is 1. The number of aliphatic hydroxyl groups is 1. The van der Waals surface area contributed by atoms with Crippen molar-refractivity contribution in [1.82, 2.24) is 0 Å². The predicted molar refractivity (Wildman–Crippen MR) is 55.0 cm³/mol. The van der Waals surface area contributed by atoms with Gasteiger partial charge in [0.1, 0.15) is 11.9 Å². The van der Waals surface area contributed by atoms with Crippen LogP contribution in [0.25, 0.3) is 0 Å². The lowest BCUT2D eigenvalue weighted by molar-refractivity contribution is -0.144. The van der Waals surface area contributed by atoms with Crippen molar-refractivity contribution < 1.29 is 31.8 Å². The second-order valence-corrected chi connectivity index (χ2v) is 6.11. The normalized spacial score (nSPS) is 26.1. The number of benzene rings is 1. The van der Waals surface area contributed by atoms with E-state index in [1.807, 2.05) is 0 Å². The lowest BCUT2D eigenvalue weighted by Crippen LogP contribution is -2.24. The number of hydrogen-bond donors (Lipinski definition) is 2. The summed E-state index contributed by atoms with van der Waals surface area (Å²) in [7, 11) is -3.92. The Bertz CT molecular complexity index is 612. The van der Waals surface area contributed by atoms with Crippen molar-refractivity contribution in [2.45, 2.75) is 23.1 Å². The van der Waals surface area contributed by atoms with Crippen molar-refractivity contribution in [2.24, 2.45) is 0 Å². The molecular weight excluding hydrogens is 273 g/mol. The van der Waals surface area contributed by atoms with Gasteiger partial charge in [-0.25, -0.2) is 12.8 Å². The molecule has 18 heavy (non-hydrogen) atoms. The smallest absolute Gasteiger partial charge is 0.312 e. The van der Waals surface area contributed by atoms with Gasteiger partial charge in [0.25, 0.3) is 0 Å². The molecule has 0 heterocycles. The van der Waals surface area contributed by atoms with Crippen LogP contribution in [-0.2, 0) is 9.84 Å². The molecule has 1 aromatic rings. The highest BCUT2D eigenvalue weighted by atomic mass is 32.2. The number of phenols is 1. The highest BCUT2D eigenvalue weighted by Gasteiger charge is 2.58. The van der Waals surface area contributed by atoms with E-state index in [9.17, 15) is 31.8 Å². The molecule has 0 saturated carbocycles. The standard InChI is InChI=1S/C10H9F3O4S/c1-18(16,17)5-3-2-4(14)6-7(5)9(15)10(12,13)8(6)11/h2-3,8-9,14-15H,1H3/t8-,9+/m1/s1. The number of hydrogen-bond acceptors (Lipinski definition) is 4. The van der Waals surface area contributed by atoms with Gasteiger partial charge >= 0.3 is 5.92 Å². The summed E-state index contributed by atoms with van der Waals surface area (Å²) < 4.78 is 63.0. The van der Waals surface area contributed by atoms with Crippen LogP contribution in [0.4, 0.5) is 13.2 Å². The van der Waals surface area contributed by atoms with Crippen LogP contribution in [0.15, 0.2) is 17.0 Å². The van der Waals surface area contributed by atoms with E-state index < -0.39 is 49.8 Å². The average molecular weight is 282 g/mol. The lowest BCUT2D eigenvalue weighted by Gasteiger charge is -2.16. The van der Waals surface area contributed by atoms with Crippen molar-refractivity contribution >= 4 is 9.84 Å². The highest BCUT2D eigenvalue weighted by Crippen LogP contribution is 2.56. The Hall–Kier alpha value is -1.28. The Morgan fingerprint density at radius 1 is 1.28 bits per heavy atom. The van der Waals surface area contributed by atoms with E-state index in [2.05, 4.69) is 0 Å². The Balaban J connectivity index is 2.84. The topological polar surface area (TPSA) is 74.6 Å². The van der Waals surface area contributed by atoms with Crippen LogP contribution in [0.5, 0.6) is 5.75 Å². The largest absolute Gasteiger partial charge is 0.508 e. The fourth-order valence-corrected chi connectivity index (χ4v) is 2.94. The van der Waals surface area contributed by atoms with Crippen LogP contribution in [0.1, 0.15) is 23.4 Å². The number of halogens is 3. The molecule has 0 radical (unpaired) electrons. The second kappa shape index (κ2) is 3.61. The zero-order chi connectivity index (χ0) is 13.9. The van der Waals surface area contributed by atoms with E-state index in [1.165, 1.54) is 0 Å². The molecular formula is C10H9F3O4S. The molecule has 2 rings (SSSR count). The molecule has 2 atom stereocenters. The number of fused-ring (bicyclic) bond motifs is 1. The van der Waals surface area contributed by atoms with Gasteiger partial charge in [-0.1, -0.05) is 0 Å². The number of aromatic hydroxyl groups is 1. The first-order chi connectivity index (χ1) is 8.08. The Morgan fingerprint density at radius 2 is 1.83 bits per heavy atom. The fraction of sp³-hybridized carbons (Fsp3) is 0.400. The van der Waals surface area contributed by atoms with Crippen LogP contribution in [0.2, 0.25) is 0 Å². The molecule has 1 aliphatic rings. The van der Waals surface area contributed by atoms with E-state index in [4.69, 9.17) is 0 Å². The first-order valence-corrected chi connectivity index (χ1v) is 6.73. The summed E-state index contributed by atoms with van der Waals surface area (Å²) in [6.45, 7) is 0. The Morgan fingerprint density at radius 3 is 2.33 bits per heavy atom. The minimum Gasteiger partial charge on any atom is -0.508 e. The van der Waals surface area contributed by atoms with E-state index in [0.29, 0.717) is 0 Å². The third kappa shape index (κ3) is 1.59. The molecule has 8 heteroatoms. The minimum atomic E-state index is -4.17. The van der Waals surface area contributed by atoms with Gasteiger partial charge in [0.2, 0.25) is 0 Å². The SMILES string of the molecule is CS(=O)(=O)c1ccc(O)c2c1[C@H](O)C(F)(F)[C@@H]2F. The quantitative estimate of drug-likeness (QED) is 0.818. The number of sulfone groups is 1. The fourth-order valence-electron chi connectivity index (χ4n) is 2.00. The third-order valence-electron chi connectivity index (χ3n) is 2.85. The van der Waals surface area contributed by atoms with Gasteiger partial charge in [0, 0.05) is 17.4 Å². The minimum absolute atomic E-state index is 0.609. The number of alkyl halides is 3. The van der Waals surface area contributed by atoms with E-state index in [1.54, 1.807) is 0 Å². The first kappa shape index (κ1) is 13.2. The zero-order valence-electron chi connectivity index (χ0n) is 9.06. The van der Waals surface area contributed by atoms with Crippen molar-refractivity contribution in [3.63, 3.8) is 0 Å². The van der Waals surface area contributed by atoms with Gasteiger partial charge < -0.3 is 10.2 Å². The summed E-state index contributed by atoms with van der Waals surface area (Å²) in [5.41, 5.74) is -1.63. The molecule has 1 aliphatic carbocycles. The summed E-state index contributed by atoms with van der Waals surface area (Å²) in [5, 5.41) is 18.7. The van der Waals surface area contributed by atoms with Crippen LogP contribution in [0.3, 0.4) is 0 Å². The molecule has 2 N–H and O–H groups in total. The average Bonchev–Trinajstić information content (AvgIpc) is 2.40. The molecule has 1 aromatic carbocycles. The van der Waals surface area contributed by atoms with Crippen LogP contribution >= 0.6 is 0 Å². The number of rotatable bonds is 1. The van der Waals surface area contributed by atoms with E-state index in [-0.39, 0.29) is 0 Å². The zero-order valence-corrected chi connectivity index (χ0v) is 9.88. The summed E-state index contributed by atoms with van der Waals surface area (Å²) in [4.78, 5) is -0.609. The third-order valence-corrected chi connectivity index (χ3v) is 4.01. The molecule has 100 valence electrons. The Labute approximate surface area is 101 Å². The van der Waals surface area contributed by atoms with Crippen LogP contribution in [-0.4, -0.2) is 30.8 Å². The van der Waals surface area contributed by atoms with Gasteiger partial charge in [0.15, 0.2) is 16.0 Å². The van der Waals surface area contributed by atoms with Crippen molar-refractivity contribution in [1.29, 1.82) is 0 Å². The van der Waals surface area contributed by atoms with E-state index >= 15 is 0 Å². The van der Waals surface area contributed by atoms with Gasteiger partial charge in [0.05, 0.1) is 4.90 Å². The van der Waals surface area contributed by atoms with Crippen molar-refractivity contribution in [3.8, 4) is 5.75 Å². The van der Waals surface area contributed by atoms with Gasteiger partial charge in [-0.2, -0.15) is 8.78 Å². The molecule has 0 amide bonds.